The Labute approximate surface area is 229 Å². The molecule has 5 rings (SSSR count). The van der Waals surface area contributed by atoms with Gasteiger partial charge in [-0.25, -0.2) is 8.42 Å². The normalized spacial score (nSPS) is 11.4. The van der Waals surface area contributed by atoms with E-state index in [1.54, 1.807) is 36.5 Å². The molecule has 0 spiro atoms. The molecule has 0 aliphatic heterocycles. The van der Waals surface area contributed by atoms with Crippen molar-refractivity contribution in [2.45, 2.75) is 24.4 Å². The summed E-state index contributed by atoms with van der Waals surface area (Å²) in [5, 5.41) is 5.65. The fourth-order valence-corrected chi connectivity index (χ4v) is 5.05. The topological polar surface area (TPSA) is 141 Å². The molecule has 0 saturated carbocycles. The predicted octanol–water partition coefficient (Wildman–Crippen LogP) is 4.36. The Morgan fingerprint density at radius 3 is 2.40 bits per heavy atom. The molecule has 0 bridgehead atoms. The number of pyridine rings is 2. The zero-order valence-corrected chi connectivity index (χ0v) is 22.2. The van der Waals surface area contributed by atoms with E-state index in [1.807, 2.05) is 30.3 Å². The second-order valence-electron chi connectivity index (χ2n) is 9.26. The molecule has 3 aromatic heterocycles. The molecule has 5 aromatic rings. The zero-order valence-electron chi connectivity index (χ0n) is 21.4. The number of carbonyl (C=O) groups is 1. The zero-order chi connectivity index (χ0) is 28.3. The molecule has 1 N–H and O–H groups in total. The Kier molecular flexibility index (Phi) is 7.39. The Bertz CT molecular complexity index is 1860. The van der Waals surface area contributed by atoms with Gasteiger partial charge in [-0.05, 0) is 58.6 Å². The number of sulfone groups is 1. The van der Waals surface area contributed by atoms with Gasteiger partial charge in [0.05, 0.1) is 29.8 Å². The van der Waals surface area contributed by atoms with Crippen LogP contribution in [-0.4, -0.2) is 30.1 Å². The van der Waals surface area contributed by atoms with Crippen LogP contribution in [0.15, 0.2) is 105 Å². The van der Waals surface area contributed by atoms with E-state index in [0.29, 0.717) is 23.3 Å². The predicted molar refractivity (Wildman–Crippen MR) is 149 cm³/mol. The first kappa shape index (κ1) is 26.7. The van der Waals surface area contributed by atoms with Gasteiger partial charge in [0.1, 0.15) is 16.8 Å². The van der Waals surface area contributed by atoms with Crippen molar-refractivity contribution in [3.8, 4) is 0 Å². The van der Waals surface area contributed by atoms with E-state index in [2.05, 4.69) is 15.5 Å². The Morgan fingerprint density at radius 2 is 1.75 bits per heavy atom. The fraction of sp³-hybridized carbons (Fsp3) is 0.138. The highest BCUT2D eigenvalue weighted by atomic mass is 32.2. The average Bonchev–Trinajstić information content (AvgIpc) is 3.47. The summed E-state index contributed by atoms with van der Waals surface area (Å²) in [4.78, 5) is 43.6. The number of furan rings is 1. The van der Waals surface area contributed by atoms with Crippen molar-refractivity contribution in [2.75, 3.05) is 6.26 Å². The Morgan fingerprint density at radius 1 is 1.00 bits per heavy atom. The third-order valence-corrected chi connectivity index (χ3v) is 7.53. The molecule has 3 heterocycles. The number of rotatable bonds is 9. The molecule has 0 radical (unpaired) electrons. The number of carbonyl (C=O) groups excluding carboxylic acids is 1. The Balaban J connectivity index is 1.64. The van der Waals surface area contributed by atoms with Crippen LogP contribution in [0.25, 0.3) is 11.0 Å². The van der Waals surface area contributed by atoms with E-state index in [0.717, 1.165) is 17.4 Å². The van der Waals surface area contributed by atoms with Crippen molar-refractivity contribution in [1.82, 2.24) is 14.9 Å². The molecule has 0 saturated heterocycles. The highest BCUT2D eigenvalue weighted by molar-refractivity contribution is 7.90. The van der Waals surface area contributed by atoms with Gasteiger partial charge in [0.25, 0.3) is 11.5 Å². The van der Waals surface area contributed by atoms with Gasteiger partial charge in [0.15, 0.2) is 15.5 Å². The van der Waals surface area contributed by atoms with E-state index in [1.165, 1.54) is 23.0 Å². The summed E-state index contributed by atoms with van der Waals surface area (Å²) >= 11 is 0. The first-order chi connectivity index (χ1) is 19.2. The minimum Gasteiger partial charge on any atom is -0.467 e. The van der Waals surface area contributed by atoms with E-state index in [4.69, 9.17) is 4.42 Å². The molecular formula is C29H24N4O6S. The number of hydrogen-bond acceptors (Lipinski definition) is 8. The fourth-order valence-electron chi connectivity index (χ4n) is 4.42. The molecule has 1 amide bonds. The van der Waals surface area contributed by atoms with Crippen molar-refractivity contribution >= 4 is 32.5 Å². The van der Waals surface area contributed by atoms with Gasteiger partial charge < -0.3 is 14.3 Å². The van der Waals surface area contributed by atoms with Crippen LogP contribution in [0.4, 0.5) is 5.69 Å². The number of hydrogen-bond donors (Lipinski definition) is 1. The molecule has 10 nitrogen and oxygen atoms in total. The number of nitroso groups, excluding NO2 is 1. The lowest BCUT2D eigenvalue weighted by Crippen LogP contribution is -2.33. The van der Waals surface area contributed by atoms with Crippen LogP contribution in [0.5, 0.6) is 0 Å². The Hall–Kier alpha value is -4.90. The summed E-state index contributed by atoms with van der Waals surface area (Å²) in [7, 11) is -3.41. The first-order valence-corrected chi connectivity index (χ1v) is 14.2. The molecule has 40 heavy (non-hydrogen) atoms. The maximum Gasteiger partial charge on any atom is 0.266 e. The summed E-state index contributed by atoms with van der Waals surface area (Å²) in [6.07, 6.45) is 4.67. The molecule has 0 aliphatic rings. The minimum absolute atomic E-state index is 0.00198. The quantitative estimate of drug-likeness (QED) is 0.266. The smallest absolute Gasteiger partial charge is 0.266 e. The SMILES string of the molecule is CS(=O)(=O)c1ccc(Cn2c(=O)c(C(=O)NCc3ccco3)c(N=O)c3ncc(Cc4ccccc4)cc32)cc1. The molecule has 0 unspecified atom stereocenters. The van der Waals surface area contributed by atoms with E-state index in [9.17, 15) is 22.9 Å². The summed E-state index contributed by atoms with van der Waals surface area (Å²) in [5.74, 6) is -0.334. The maximum absolute atomic E-state index is 13.8. The van der Waals surface area contributed by atoms with Crippen LogP contribution in [0.2, 0.25) is 0 Å². The highest BCUT2D eigenvalue weighted by Crippen LogP contribution is 2.28. The molecule has 11 heteroatoms. The van der Waals surface area contributed by atoms with E-state index < -0.39 is 26.9 Å². The molecular weight excluding hydrogens is 532 g/mol. The highest BCUT2D eigenvalue weighted by Gasteiger charge is 2.25. The van der Waals surface area contributed by atoms with E-state index >= 15 is 0 Å². The number of aromatic nitrogens is 2. The number of amides is 1. The van der Waals surface area contributed by atoms with Gasteiger partial charge in [-0.3, -0.25) is 14.6 Å². The lowest BCUT2D eigenvalue weighted by molar-refractivity contribution is 0.0947. The van der Waals surface area contributed by atoms with Crippen LogP contribution >= 0.6 is 0 Å². The molecule has 0 fully saturated rings. The number of nitrogens with one attached hydrogen (secondary N) is 1. The van der Waals surface area contributed by atoms with Gasteiger partial charge >= 0.3 is 0 Å². The average molecular weight is 557 g/mol. The third kappa shape index (κ3) is 5.59. The molecule has 0 aliphatic carbocycles. The van der Waals surface area contributed by atoms with Gasteiger partial charge in [-0.1, -0.05) is 42.5 Å². The minimum atomic E-state index is -3.41. The molecule has 0 atom stereocenters. The second-order valence-corrected chi connectivity index (χ2v) is 11.3. The van der Waals surface area contributed by atoms with Gasteiger partial charge in [-0.15, -0.1) is 4.91 Å². The van der Waals surface area contributed by atoms with Crippen LogP contribution in [0, 0.1) is 4.91 Å². The summed E-state index contributed by atoms with van der Waals surface area (Å²) in [6, 6.07) is 20.8. The lowest BCUT2D eigenvalue weighted by Gasteiger charge is -2.15. The molecule has 2 aromatic carbocycles. The maximum atomic E-state index is 13.8. The van der Waals surface area contributed by atoms with Gasteiger partial charge in [0.2, 0.25) is 0 Å². The standard InChI is InChI=1S/C29H24N4O6S/c1-40(37,38)23-11-9-20(10-12-23)18-33-24-15-21(14-19-6-3-2-4-7-19)16-30-26(24)27(32-36)25(29(33)35)28(34)31-17-22-8-5-13-39-22/h2-13,15-16H,14,17-18H2,1H3,(H,31,34). The van der Waals surface area contributed by atoms with Crippen molar-refractivity contribution in [2.24, 2.45) is 5.18 Å². The van der Waals surface area contributed by atoms with Crippen LogP contribution < -0.4 is 10.9 Å². The monoisotopic (exact) mass is 556 g/mol. The number of benzene rings is 2. The number of fused-ring (bicyclic) bond motifs is 1. The van der Waals surface area contributed by atoms with Gasteiger partial charge in [0, 0.05) is 12.5 Å². The summed E-state index contributed by atoms with van der Waals surface area (Å²) in [5.41, 5.74) is 1.31. The van der Waals surface area contributed by atoms with Crippen molar-refractivity contribution in [3.63, 3.8) is 0 Å². The van der Waals surface area contributed by atoms with Crippen molar-refractivity contribution in [1.29, 1.82) is 0 Å². The largest absolute Gasteiger partial charge is 0.467 e. The first-order valence-electron chi connectivity index (χ1n) is 12.3. The van der Waals surface area contributed by atoms with Crippen molar-refractivity contribution < 1.29 is 17.6 Å². The number of nitrogens with zero attached hydrogens (tertiary/aromatic N) is 3. The lowest BCUT2D eigenvalue weighted by atomic mass is 10.0. The summed E-state index contributed by atoms with van der Waals surface area (Å²) < 4.78 is 30.4. The van der Waals surface area contributed by atoms with Gasteiger partial charge in [-0.2, -0.15) is 0 Å². The van der Waals surface area contributed by atoms with Crippen LogP contribution in [0.3, 0.4) is 0 Å². The second kappa shape index (κ2) is 11.1. The third-order valence-electron chi connectivity index (χ3n) is 6.40. The van der Waals surface area contributed by atoms with Crippen molar-refractivity contribution in [3.05, 3.63) is 129 Å². The van der Waals surface area contributed by atoms with Crippen LogP contribution in [-0.2, 0) is 29.3 Å². The molecule has 202 valence electrons. The summed E-state index contributed by atoms with van der Waals surface area (Å²) in [6.45, 7) is -0.00848. The van der Waals surface area contributed by atoms with E-state index in [-0.39, 0.29) is 29.2 Å². The van der Waals surface area contributed by atoms with Crippen LogP contribution in [0.1, 0.15) is 32.8 Å².